The molecule has 1 aromatic rings. The van der Waals surface area contributed by atoms with E-state index in [2.05, 4.69) is 0 Å². The molecular weight excluding hydrogens is 312 g/mol. The molecule has 0 heterocycles. The number of esters is 1. The highest BCUT2D eigenvalue weighted by Crippen LogP contribution is 2.17. The van der Waals surface area contributed by atoms with Crippen molar-refractivity contribution in [2.45, 2.75) is 37.3 Å². The van der Waals surface area contributed by atoms with Gasteiger partial charge < -0.3 is 15.4 Å². The number of benzene rings is 1. The lowest BCUT2D eigenvalue weighted by Crippen LogP contribution is -2.44. The van der Waals surface area contributed by atoms with Crippen molar-refractivity contribution in [3.05, 3.63) is 29.8 Å². The molecule has 0 aliphatic heterocycles. The molecular formula is C17H26N2O3S. The molecule has 0 fully saturated rings. The van der Waals surface area contributed by atoms with Crippen LogP contribution in [0.5, 0.6) is 0 Å². The first-order valence-electron chi connectivity index (χ1n) is 7.56. The Morgan fingerprint density at radius 2 is 1.96 bits per heavy atom. The van der Waals surface area contributed by atoms with Crippen LogP contribution in [0.4, 0.5) is 0 Å². The Labute approximate surface area is 142 Å². The Balaban J connectivity index is 2.73. The third kappa shape index (κ3) is 5.88. The van der Waals surface area contributed by atoms with Gasteiger partial charge in [-0.05, 0) is 36.3 Å². The number of ether oxygens (including phenoxy) is 1. The van der Waals surface area contributed by atoms with Crippen molar-refractivity contribution >= 4 is 23.6 Å². The number of nitrogens with zero attached hydrogens (tertiary/aromatic N) is 1. The summed E-state index contributed by atoms with van der Waals surface area (Å²) in [4.78, 5) is 26.8. The smallest absolute Gasteiger partial charge is 0.324 e. The minimum Gasteiger partial charge on any atom is -0.451 e. The third-order valence-electron chi connectivity index (χ3n) is 3.43. The molecule has 0 aliphatic carbocycles. The quantitative estimate of drug-likeness (QED) is 0.607. The van der Waals surface area contributed by atoms with Gasteiger partial charge in [0, 0.05) is 19.0 Å². The zero-order valence-corrected chi connectivity index (χ0v) is 15.2. The van der Waals surface area contributed by atoms with Crippen LogP contribution in [0, 0.1) is 5.92 Å². The molecule has 0 aliphatic rings. The van der Waals surface area contributed by atoms with Crippen LogP contribution >= 0.6 is 11.8 Å². The van der Waals surface area contributed by atoms with Crippen molar-refractivity contribution < 1.29 is 14.3 Å². The fourth-order valence-corrected chi connectivity index (χ4v) is 2.56. The van der Waals surface area contributed by atoms with Crippen LogP contribution in [0.2, 0.25) is 0 Å². The van der Waals surface area contributed by atoms with Crippen molar-refractivity contribution in [1.82, 2.24) is 4.90 Å². The molecule has 5 nitrogen and oxygen atoms in total. The first-order valence-corrected chi connectivity index (χ1v) is 8.79. The van der Waals surface area contributed by atoms with Crippen LogP contribution in [0.25, 0.3) is 0 Å². The largest absolute Gasteiger partial charge is 0.451 e. The summed E-state index contributed by atoms with van der Waals surface area (Å²) in [7, 11) is 3.28. The molecule has 6 heteroatoms. The first-order chi connectivity index (χ1) is 10.8. The summed E-state index contributed by atoms with van der Waals surface area (Å²) >= 11 is 1.63. The van der Waals surface area contributed by atoms with E-state index in [1.165, 1.54) is 4.90 Å². The van der Waals surface area contributed by atoms with Gasteiger partial charge in [-0.2, -0.15) is 0 Å². The van der Waals surface area contributed by atoms with Crippen LogP contribution in [0.15, 0.2) is 29.2 Å². The molecule has 2 unspecified atom stereocenters. The summed E-state index contributed by atoms with van der Waals surface area (Å²) in [6.45, 7) is 3.68. The normalized spacial score (nSPS) is 13.5. The molecule has 1 amide bonds. The Kier molecular flexibility index (Phi) is 7.58. The van der Waals surface area contributed by atoms with Crippen molar-refractivity contribution in [3.8, 4) is 0 Å². The summed E-state index contributed by atoms with van der Waals surface area (Å²) in [6, 6.07) is 7.08. The first kappa shape index (κ1) is 19.5. The molecule has 0 spiro atoms. The summed E-state index contributed by atoms with van der Waals surface area (Å²) in [5, 5.41) is 0. The van der Waals surface area contributed by atoms with Gasteiger partial charge in [0.1, 0.15) is 6.04 Å². The number of hydrogen-bond acceptors (Lipinski definition) is 5. The number of likely N-dealkylation sites (N-methyl/N-ethyl adjacent to an activating group) is 1. The number of carbonyl (C=O) groups excluding carboxylic acids is 2. The fraction of sp³-hybridized carbons (Fsp3) is 0.529. The number of thioether (sulfide) groups is 1. The van der Waals surface area contributed by atoms with Crippen molar-refractivity contribution in [2.75, 3.05) is 20.4 Å². The Bertz CT molecular complexity index is 546. The van der Waals surface area contributed by atoms with Crippen molar-refractivity contribution in [2.24, 2.45) is 11.7 Å². The maximum Gasteiger partial charge on any atom is 0.324 e. The van der Waals surface area contributed by atoms with Crippen LogP contribution in [-0.4, -0.2) is 49.3 Å². The molecule has 2 atom stereocenters. The van der Waals surface area contributed by atoms with E-state index >= 15 is 0 Å². The van der Waals surface area contributed by atoms with E-state index in [-0.39, 0.29) is 11.8 Å². The van der Waals surface area contributed by atoms with Crippen LogP contribution < -0.4 is 5.73 Å². The average Bonchev–Trinajstić information content (AvgIpc) is 2.51. The van der Waals surface area contributed by atoms with E-state index < -0.39 is 18.1 Å². The highest BCUT2D eigenvalue weighted by Gasteiger charge is 2.29. The third-order valence-corrected chi connectivity index (χ3v) is 4.15. The predicted octanol–water partition coefficient (Wildman–Crippen LogP) is 1.93. The van der Waals surface area contributed by atoms with Gasteiger partial charge in [0.15, 0.2) is 6.10 Å². The summed E-state index contributed by atoms with van der Waals surface area (Å²) in [6.07, 6.45) is 1.57. The molecule has 2 N–H and O–H groups in total. The predicted molar refractivity (Wildman–Crippen MR) is 93.3 cm³/mol. The molecule has 128 valence electrons. The van der Waals surface area contributed by atoms with Crippen LogP contribution in [-0.2, 0) is 20.7 Å². The molecule has 0 radical (unpaired) electrons. The van der Waals surface area contributed by atoms with Gasteiger partial charge in [0.2, 0.25) is 0 Å². The second-order valence-corrected chi connectivity index (χ2v) is 6.88. The maximum absolute atomic E-state index is 12.2. The maximum atomic E-state index is 12.2. The van der Waals surface area contributed by atoms with Gasteiger partial charge >= 0.3 is 5.97 Å². The molecule has 1 aromatic carbocycles. The molecule has 1 rings (SSSR count). The lowest BCUT2D eigenvalue weighted by molar-refractivity contribution is -0.163. The SMILES string of the molecule is CSc1cccc(CC(N)C(=O)OC(C(=O)N(C)C)C(C)C)c1. The second-order valence-electron chi connectivity index (χ2n) is 6.00. The van der Waals surface area contributed by atoms with E-state index in [9.17, 15) is 9.59 Å². The molecule has 23 heavy (non-hydrogen) atoms. The lowest BCUT2D eigenvalue weighted by atomic mass is 10.0. The number of rotatable bonds is 7. The van der Waals surface area contributed by atoms with Gasteiger partial charge in [-0.1, -0.05) is 26.0 Å². The van der Waals surface area contributed by atoms with Crippen LogP contribution in [0.3, 0.4) is 0 Å². The van der Waals surface area contributed by atoms with Gasteiger partial charge in [-0.3, -0.25) is 9.59 Å². The highest BCUT2D eigenvalue weighted by atomic mass is 32.2. The Morgan fingerprint density at radius 3 is 2.48 bits per heavy atom. The van der Waals surface area contributed by atoms with E-state index in [0.29, 0.717) is 6.42 Å². The van der Waals surface area contributed by atoms with Crippen molar-refractivity contribution in [3.63, 3.8) is 0 Å². The number of carbonyl (C=O) groups is 2. The lowest BCUT2D eigenvalue weighted by Gasteiger charge is -2.25. The number of amides is 1. The van der Waals surface area contributed by atoms with Crippen LogP contribution in [0.1, 0.15) is 19.4 Å². The van der Waals surface area contributed by atoms with Gasteiger partial charge in [-0.15, -0.1) is 11.8 Å². The van der Waals surface area contributed by atoms with E-state index in [1.807, 2.05) is 44.4 Å². The second kappa shape index (κ2) is 8.93. The fourth-order valence-electron chi connectivity index (χ4n) is 2.08. The van der Waals surface area contributed by atoms with Gasteiger partial charge in [-0.25, -0.2) is 0 Å². The number of hydrogen-bond donors (Lipinski definition) is 1. The molecule has 0 saturated carbocycles. The molecule has 0 saturated heterocycles. The molecule has 0 aromatic heterocycles. The van der Waals surface area contributed by atoms with E-state index in [1.54, 1.807) is 25.9 Å². The Hall–Kier alpha value is -1.53. The van der Waals surface area contributed by atoms with Gasteiger partial charge in [0.25, 0.3) is 5.91 Å². The topological polar surface area (TPSA) is 72.6 Å². The van der Waals surface area contributed by atoms with Gasteiger partial charge in [0.05, 0.1) is 0 Å². The zero-order chi connectivity index (χ0) is 17.6. The van der Waals surface area contributed by atoms with Crippen molar-refractivity contribution in [1.29, 1.82) is 0 Å². The summed E-state index contributed by atoms with van der Waals surface area (Å²) in [5.74, 6) is -0.890. The number of nitrogens with two attached hydrogens (primary N) is 1. The van der Waals surface area contributed by atoms with E-state index in [4.69, 9.17) is 10.5 Å². The minimum absolute atomic E-state index is 0.110. The summed E-state index contributed by atoms with van der Waals surface area (Å²) < 4.78 is 5.37. The Morgan fingerprint density at radius 1 is 1.30 bits per heavy atom. The standard InChI is InChI=1S/C17H26N2O3S/c1-11(2)15(16(20)19(3)4)22-17(21)14(18)10-12-7-6-8-13(9-12)23-5/h6-9,11,14-15H,10,18H2,1-5H3. The van der Waals surface area contributed by atoms with E-state index in [0.717, 1.165) is 10.5 Å². The highest BCUT2D eigenvalue weighted by molar-refractivity contribution is 7.98. The molecule has 0 bridgehead atoms. The summed E-state index contributed by atoms with van der Waals surface area (Å²) in [5.41, 5.74) is 6.93. The monoisotopic (exact) mass is 338 g/mol. The zero-order valence-electron chi connectivity index (χ0n) is 14.4. The minimum atomic E-state index is -0.805. The average molecular weight is 338 g/mol.